The second-order valence-corrected chi connectivity index (χ2v) is 5.12. The van der Waals surface area contributed by atoms with E-state index in [1.165, 1.54) is 0 Å². The van der Waals surface area contributed by atoms with Gasteiger partial charge in [-0.25, -0.2) is 0 Å². The van der Waals surface area contributed by atoms with Crippen molar-refractivity contribution in [3.63, 3.8) is 0 Å². The molecule has 1 N–H and O–H groups in total. The maximum Gasteiger partial charge on any atom is 0.0812 e. The molecule has 0 radical (unpaired) electrons. The van der Waals surface area contributed by atoms with Crippen LogP contribution in [0.15, 0.2) is 12.3 Å². The number of hydrogen-bond acceptors (Lipinski definition) is 3. The molecule has 0 amide bonds. The Morgan fingerprint density at radius 1 is 1.26 bits per heavy atom. The van der Waals surface area contributed by atoms with Crippen molar-refractivity contribution < 1.29 is 0 Å². The first-order valence-corrected chi connectivity index (χ1v) is 7.51. The minimum absolute atomic E-state index is 0.132. The Kier molecular flexibility index (Phi) is 6.01. The van der Waals surface area contributed by atoms with Crippen molar-refractivity contribution in [2.24, 2.45) is 7.05 Å². The van der Waals surface area contributed by atoms with Crippen LogP contribution in [-0.2, 0) is 7.05 Å². The molecule has 0 saturated heterocycles. The molecule has 0 aliphatic rings. The largest absolute Gasteiger partial charge is 0.310 e. The van der Waals surface area contributed by atoms with Crippen LogP contribution in [0.1, 0.15) is 52.3 Å². The summed E-state index contributed by atoms with van der Waals surface area (Å²) in [4.78, 5) is 2.57. The smallest absolute Gasteiger partial charge is 0.0812 e. The van der Waals surface area contributed by atoms with Gasteiger partial charge in [0.1, 0.15) is 0 Å². The van der Waals surface area contributed by atoms with Gasteiger partial charge in [0, 0.05) is 18.8 Å². The zero-order valence-corrected chi connectivity index (χ0v) is 13.4. The molecule has 1 aromatic heterocycles. The molecule has 1 atom stereocenters. The van der Waals surface area contributed by atoms with Gasteiger partial charge in [-0.3, -0.25) is 9.58 Å². The van der Waals surface area contributed by atoms with Gasteiger partial charge in [-0.2, -0.15) is 5.10 Å². The number of aromatic nitrogens is 2. The summed E-state index contributed by atoms with van der Waals surface area (Å²) < 4.78 is 1.89. The van der Waals surface area contributed by atoms with Crippen LogP contribution in [0.3, 0.4) is 0 Å². The molecule has 0 aliphatic heterocycles. The zero-order chi connectivity index (χ0) is 14.5. The minimum Gasteiger partial charge on any atom is -0.310 e. The van der Waals surface area contributed by atoms with E-state index in [0.717, 1.165) is 31.6 Å². The maximum absolute atomic E-state index is 4.62. The summed E-state index contributed by atoms with van der Waals surface area (Å²) in [5.41, 5.74) is 1.27. The molecule has 0 aliphatic carbocycles. The third-order valence-electron chi connectivity index (χ3n) is 4.47. The average Bonchev–Trinajstić information content (AvgIpc) is 2.85. The van der Waals surface area contributed by atoms with E-state index in [1.54, 1.807) is 0 Å². The summed E-state index contributed by atoms with van der Waals surface area (Å²) in [7, 11) is 4.02. The second kappa shape index (κ2) is 7.06. The summed E-state index contributed by atoms with van der Waals surface area (Å²) in [5.74, 6) is 0. The van der Waals surface area contributed by atoms with Crippen LogP contribution in [0.4, 0.5) is 0 Å². The molecule has 1 aromatic rings. The number of nitrogens with one attached hydrogen (secondary N) is 1. The van der Waals surface area contributed by atoms with Gasteiger partial charge in [0.25, 0.3) is 0 Å². The van der Waals surface area contributed by atoms with Gasteiger partial charge < -0.3 is 5.32 Å². The highest BCUT2D eigenvalue weighted by atomic mass is 15.3. The molecule has 0 aromatic carbocycles. The van der Waals surface area contributed by atoms with Crippen LogP contribution < -0.4 is 5.32 Å². The average molecular weight is 266 g/mol. The van der Waals surface area contributed by atoms with Crippen molar-refractivity contribution in [1.82, 2.24) is 20.0 Å². The van der Waals surface area contributed by atoms with Gasteiger partial charge in [-0.05, 0) is 39.0 Å². The highest BCUT2D eigenvalue weighted by molar-refractivity contribution is 5.14. The van der Waals surface area contributed by atoms with Gasteiger partial charge in [0.15, 0.2) is 0 Å². The normalized spacial score (nSPS) is 14.1. The van der Waals surface area contributed by atoms with E-state index in [1.807, 2.05) is 25.0 Å². The van der Waals surface area contributed by atoms with Crippen molar-refractivity contribution in [1.29, 1.82) is 0 Å². The van der Waals surface area contributed by atoms with Gasteiger partial charge in [0.2, 0.25) is 0 Å². The second-order valence-electron chi connectivity index (χ2n) is 5.12. The Morgan fingerprint density at radius 3 is 2.16 bits per heavy atom. The first-order valence-electron chi connectivity index (χ1n) is 7.51. The van der Waals surface area contributed by atoms with Crippen molar-refractivity contribution in [2.75, 3.05) is 20.1 Å². The molecule has 0 saturated carbocycles. The monoisotopic (exact) mass is 266 g/mol. The molecule has 4 nitrogen and oxygen atoms in total. The van der Waals surface area contributed by atoms with Crippen LogP contribution >= 0.6 is 0 Å². The van der Waals surface area contributed by atoms with E-state index >= 15 is 0 Å². The standard InChI is InChI=1S/C15H30N4/c1-7-15(8-2,19(9-3)10-4)14(16-5)13-11-12-18(6)17-13/h11-12,14,16H,7-10H2,1-6H3. The number of likely N-dealkylation sites (N-methyl/N-ethyl adjacent to an activating group) is 2. The van der Waals surface area contributed by atoms with E-state index in [9.17, 15) is 0 Å². The number of aryl methyl sites for hydroxylation is 1. The zero-order valence-electron chi connectivity index (χ0n) is 13.4. The van der Waals surface area contributed by atoms with Gasteiger partial charge in [-0.1, -0.05) is 27.7 Å². The predicted molar refractivity (Wildman–Crippen MR) is 81.2 cm³/mol. The third kappa shape index (κ3) is 3.00. The van der Waals surface area contributed by atoms with Crippen LogP contribution in [0, 0.1) is 0 Å². The van der Waals surface area contributed by atoms with E-state index < -0.39 is 0 Å². The van der Waals surface area contributed by atoms with Crippen LogP contribution in [0.25, 0.3) is 0 Å². The van der Waals surface area contributed by atoms with E-state index in [2.05, 4.69) is 49.1 Å². The van der Waals surface area contributed by atoms with Crippen molar-refractivity contribution in [3.05, 3.63) is 18.0 Å². The molecule has 1 heterocycles. The number of hydrogen-bond donors (Lipinski definition) is 1. The lowest BCUT2D eigenvalue weighted by atomic mass is 9.81. The summed E-state index contributed by atoms with van der Waals surface area (Å²) in [6, 6.07) is 2.40. The molecule has 0 fully saturated rings. The molecule has 4 heteroatoms. The fourth-order valence-corrected chi connectivity index (χ4v) is 3.42. The Labute approximate surface area is 118 Å². The SMILES string of the molecule is CCN(CC)C(CC)(CC)C(NC)c1ccn(C)n1. The maximum atomic E-state index is 4.62. The quantitative estimate of drug-likeness (QED) is 0.785. The predicted octanol–water partition coefficient (Wildman–Crippen LogP) is 2.58. The summed E-state index contributed by atoms with van der Waals surface area (Å²) in [6.45, 7) is 11.2. The molecule has 0 spiro atoms. The minimum atomic E-state index is 0.132. The Morgan fingerprint density at radius 2 is 1.84 bits per heavy atom. The Bertz CT molecular complexity index is 364. The Balaban J connectivity index is 3.20. The fourth-order valence-electron chi connectivity index (χ4n) is 3.42. The molecule has 19 heavy (non-hydrogen) atoms. The highest BCUT2D eigenvalue weighted by Gasteiger charge is 2.41. The topological polar surface area (TPSA) is 33.1 Å². The number of nitrogens with zero attached hydrogens (tertiary/aromatic N) is 3. The van der Waals surface area contributed by atoms with Gasteiger partial charge >= 0.3 is 0 Å². The van der Waals surface area contributed by atoms with Gasteiger partial charge in [0.05, 0.1) is 11.7 Å². The summed E-state index contributed by atoms with van der Waals surface area (Å²) in [5, 5.41) is 8.13. The summed E-state index contributed by atoms with van der Waals surface area (Å²) >= 11 is 0. The van der Waals surface area contributed by atoms with Gasteiger partial charge in [-0.15, -0.1) is 0 Å². The van der Waals surface area contributed by atoms with E-state index in [0.29, 0.717) is 0 Å². The highest BCUT2D eigenvalue weighted by Crippen LogP contribution is 2.36. The molecule has 1 unspecified atom stereocenters. The van der Waals surface area contributed by atoms with Crippen molar-refractivity contribution in [3.8, 4) is 0 Å². The van der Waals surface area contributed by atoms with Crippen molar-refractivity contribution in [2.45, 2.75) is 52.1 Å². The van der Waals surface area contributed by atoms with Crippen LogP contribution in [-0.4, -0.2) is 40.4 Å². The lowest BCUT2D eigenvalue weighted by molar-refractivity contribution is 0.0498. The molecular weight excluding hydrogens is 236 g/mol. The van der Waals surface area contributed by atoms with E-state index in [-0.39, 0.29) is 11.6 Å². The first kappa shape index (κ1) is 16.2. The lowest BCUT2D eigenvalue weighted by Crippen LogP contribution is -2.55. The Hall–Kier alpha value is -0.870. The van der Waals surface area contributed by atoms with E-state index in [4.69, 9.17) is 0 Å². The van der Waals surface area contributed by atoms with Crippen LogP contribution in [0.2, 0.25) is 0 Å². The molecule has 1 rings (SSSR count). The first-order chi connectivity index (χ1) is 9.09. The summed E-state index contributed by atoms with van der Waals surface area (Å²) in [6.07, 6.45) is 4.26. The number of rotatable bonds is 8. The van der Waals surface area contributed by atoms with Crippen molar-refractivity contribution >= 4 is 0 Å². The molecular formula is C15H30N4. The lowest BCUT2D eigenvalue weighted by Gasteiger charge is -2.47. The fraction of sp³-hybridized carbons (Fsp3) is 0.800. The molecule has 110 valence electrons. The molecule has 0 bridgehead atoms. The third-order valence-corrected chi connectivity index (χ3v) is 4.47. The van der Waals surface area contributed by atoms with Crippen LogP contribution in [0.5, 0.6) is 0 Å².